The molecule has 9 nitrogen and oxygen atoms in total. The molecule has 1 aromatic carbocycles. The number of hydrogen-bond acceptors (Lipinski definition) is 6. The summed E-state index contributed by atoms with van der Waals surface area (Å²) in [4.78, 5) is 41.0. The summed E-state index contributed by atoms with van der Waals surface area (Å²) in [6.45, 7) is 5.43. The van der Waals surface area contributed by atoms with Gasteiger partial charge in [0.1, 0.15) is 23.2 Å². The molecule has 2 heterocycles. The molecule has 2 unspecified atom stereocenters. The van der Waals surface area contributed by atoms with E-state index in [2.05, 4.69) is 20.7 Å². The molecule has 0 saturated heterocycles. The first kappa shape index (κ1) is 26.2. The number of ketones is 1. The average molecular weight is 499 g/mol. The minimum Gasteiger partial charge on any atom is -0.399 e. The van der Waals surface area contributed by atoms with Crippen molar-refractivity contribution in [2.24, 2.45) is 5.92 Å². The van der Waals surface area contributed by atoms with Crippen LogP contribution >= 0.6 is 11.6 Å². The lowest BCUT2D eigenvalue weighted by molar-refractivity contribution is -0.122. The molecular weight excluding hydrogens is 468 g/mol. The van der Waals surface area contributed by atoms with Crippen molar-refractivity contribution in [3.63, 3.8) is 0 Å². The number of rotatable bonds is 7. The molecule has 0 bridgehead atoms. The van der Waals surface area contributed by atoms with E-state index in [0.29, 0.717) is 39.7 Å². The van der Waals surface area contributed by atoms with Crippen molar-refractivity contribution < 1.29 is 14.4 Å². The number of Topliss-reactive ketones (excluding diaryl/α,β-unsaturated/α-hetero) is 1. The number of nitrogens with two attached hydrogens (primary N) is 1. The van der Waals surface area contributed by atoms with Gasteiger partial charge in [0, 0.05) is 30.5 Å². The van der Waals surface area contributed by atoms with Crippen LogP contribution in [0.3, 0.4) is 0 Å². The number of halogens is 1. The van der Waals surface area contributed by atoms with Crippen LogP contribution in [-0.4, -0.2) is 38.4 Å². The molecule has 2 atom stereocenters. The minimum absolute atomic E-state index is 0.00418. The molecule has 186 valence electrons. The van der Waals surface area contributed by atoms with E-state index in [0.717, 1.165) is 19.3 Å². The molecule has 2 amide bonds. The Labute approximate surface area is 209 Å². The summed E-state index contributed by atoms with van der Waals surface area (Å²) in [5, 5.41) is 11.1. The van der Waals surface area contributed by atoms with Crippen LogP contribution in [0.1, 0.15) is 56.9 Å². The van der Waals surface area contributed by atoms with Gasteiger partial charge in [0.05, 0.1) is 5.52 Å². The fourth-order valence-corrected chi connectivity index (χ4v) is 4.48. The molecule has 10 heteroatoms. The molecule has 1 aliphatic rings. The Morgan fingerprint density at radius 1 is 1.14 bits per heavy atom. The Balaban J connectivity index is 0.00000167. The molecule has 4 N–H and O–H groups in total. The summed E-state index contributed by atoms with van der Waals surface area (Å²) < 4.78 is 1.53. The van der Waals surface area contributed by atoms with E-state index in [-0.39, 0.29) is 36.1 Å². The third kappa shape index (κ3) is 6.79. The van der Waals surface area contributed by atoms with Crippen LogP contribution < -0.4 is 16.4 Å². The lowest BCUT2D eigenvalue weighted by atomic mass is 10.0. The average Bonchev–Trinajstić information content (AvgIpc) is 3.39. The van der Waals surface area contributed by atoms with Gasteiger partial charge in [-0.15, -0.1) is 0 Å². The monoisotopic (exact) mass is 498 g/mol. The van der Waals surface area contributed by atoms with Crippen molar-refractivity contribution in [3.8, 4) is 0 Å². The largest absolute Gasteiger partial charge is 0.399 e. The van der Waals surface area contributed by atoms with E-state index in [1.54, 1.807) is 36.4 Å². The number of nitrogens with zero attached hydrogens (tertiary/aromatic N) is 3. The number of nitrogen functional groups attached to an aromatic ring is 1. The Kier molecular flexibility index (Phi) is 8.81. The van der Waals surface area contributed by atoms with Gasteiger partial charge < -0.3 is 16.4 Å². The van der Waals surface area contributed by atoms with Gasteiger partial charge >= 0.3 is 0 Å². The van der Waals surface area contributed by atoms with E-state index in [1.807, 2.05) is 13.8 Å². The number of carbonyl (C=O) groups excluding carboxylic acids is 3. The zero-order chi connectivity index (χ0) is 25.5. The first-order chi connectivity index (χ1) is 16.8. The molecular formula is C25H31ClN6O3. The fourth-order valence-electron chi connectivity index (χ4n) is 4.31. The van der Waals surface area contributed by atoms with Gasteiger partial charge in [-0.1, -0.05) is 31.5 Å². The summed E-state index contributed by atoms with van der Waals surface area (Å²) in [5.41, 5.74) is 7.35. The van der Waals surface area contributed by atoms with Crippen molar-refractivity contribution in [3.05, 3.63) is 47.2 Å². The highest BCUT2D eigenvalue weighted by molar-refractivity contribution is 6.29. The summed E-state index contributed by atoms with van der Waals surface area (Å²) in [7, 11) is 0. The van der Waals surface area contributed by atoms with Crippen molar-refractivity contribution >= 4 is 51.6 Å². The Hall–Kier alpha value is -3.46. The standard InChI is InChI=1S/C23H25ClN6O3.C2H6/c1-13(31)23-17-11-15(25)6-8-18(17)30(29-23)12-22(33)26-16-7-5-14(9-16)10-21(32)28-20-4-2-3-19(24)27-20;1-2/h2-4,6,8,11,14,16H,5,7,9-10,12,25H2,1H3,(H,26,33)(H,27,28,32);1-2H3. The fraction of sp³-hybridized carbons (Fsp3) is 0.400. The van der Waals surface area contributed by atoms with Gasteiger partial charge in [0.25, 0.3) is 0 Å². The van der Waals surface area contributed by atoms with Crippen molar-refractivity contribution in [2.45, 2.75) is 59.0 Å². The van der Waals surface area contributed by atoms with E-state index in [1.165, 1.54) is 11.6 Å². The minimum atomic E-state index is -0.190. The molecule has 1 aliphatic carbocycles. The maximum Gasteiger partial charge on any atom is 0.241 e. The number of carbonyl (C=O) groups is 3. The summed E-state index contributed by atoms with van der Waals surface area (Å²) in [5.74, 6) is 0.0979. The van der Waals surface area contributed by atoms with E-state index < -0.39 is 0 Å². The van der Waals surface area contributed by atoms with E-state index in [9.17, 15) is 14.4 Å². The number of aromatic nitrogens is 3. The maximum absolute atomic E-state index is 12.7. The van der Waals surface area contributed by atoms with Gasteiger partial charge in [-0.25, -0.2) is 4.98 Å². The topological polar surface area (TPSA) is 132 Å². The molecule has 35 heavy (non-hydrogen) atoms. The lowest BCUT2D eigenvalue weighted by Gasteiger charge is -2.14. The van der Waals surface area contributed by atoms with Crippen LogP contribution in [0.2, 0.25) is 5.15 Å². The van der Waals surface area contributed by atoms with Crippen LogP contribution in [0, 0.1) is 5.92 Å². The highest BCUT2D eigenvalue weighted by atomic mass is 35.5. The van der Waals surface area contributed by atoms with Crippen molar-refractivity contribution in [2.75, 3.05) is 11.1 Å². The summed E-state index contributed by atoms with van der Waals surface area (Å²) >= 11 is 5.85. The third-order valence-corrected chi connectivity index (χ3v) is 5.97. The molecule has 1 fully saturated rings. The number of amides is 2. The van der Waals surface area contributed by atoms with Gasteiger partial charge in [0.2, 0.25) is 11.8 Å². The van der Waals surface area contributed by atoms with Crippen molar-refractivity contribution in [1.82, 2.24) is 20.1 Å². The second kappa shape index (κ2) is 11.8. The Bertz CT molecular complexity index is 1230. The number of nitrogens with one attached hydrogen (secondary N) is 2. The molecule has 2 aromatic heterocycles. The predicted molar refractivity (Wildman–Crippen MR) is 137 cm³/mol. The smallest absolute Gasteiger partial charge is 0.241 e. The highest BCUT2D eigenvalue weighted by Gasteiger charge is 2.28. The van der Waals surface area contributed by atoms with Crippen LogP contribution in [-0.2, 0) is 16.1 Å². The summed E-state index contributed by atoms with van der Waals surface area (Å²) in [6, 6.07) is 10.2. The van der Waals surface area contributed by atoms with Gasteiger partial charge in [-0.05, 0) is 55.5 Å². The molecule has 0 radical (unpaired) electrons. The molecule has 0 spiro atoms. The number of anilines is 2. The number of hydrogen-bond donors (Lipinski definition) is 3. The highest BCUT2D eigenvalue weighted by Crippen LogP contribution is 2.29. The van der Waals surface area contributed by atoms with Crippen LogP contribution in [0.15, 0.2) is 36.4 Å². The lowest BCUT2D eigenvalue weighted by Crippen LogP contribution is -2.35. The summed E-state index contributed by atoms with van der Waals surface area (Å²) in [6.07, 6.45) is 2.72. The normalized spacial score (nSPS) is 16.9. The molecule has 4 rings (SSSR count). The van der Waals surface area contributed by atoms with Crippen molar-refractivity contribution in [1.29, 1.82) is 0 Å². The van der Waals surface area contributed by atoms with E-state index in [4.69, 9.17) is 17.3 Å². The third-order valence-electron chi connectivity index (χ3n) is 5.76. The van der Waals surface area contributed by atoms with Crippen LogP contribution in [0.25, 0.3) is 10.9 Å². The van der Waals surface area contributed by atoms with Gasteiger partial charge in [-0.3, -0.25) is 19.1 Å². The quantitative estimate of drug-likeness (QED) is 0.254. The van der Waals surface area contributed by atoms with Gasteiger partial charge in [0.15, 0.2) is 5.78 Å². The van der Waals surface area contributed by atoms with Crippen LogP contribution in [0.5, 0.6) is 0 Å². The first-order valence-electron chi connectivity index (χ1n) is 11.8. The van der Waals surface area contributed by atoms with Gasteiger partial charge in [-0.2, -0.15) is 5.10 Å². The predicted octanol–water partition coefficient (Wildman–Crippen LogP) is 4.21. The second-order valence-corrected chi connectivity index (χ2v) is 8.77. The van der Waals surface area contributed by atoms with Crippen LogP contribution in [0.4, 0.5) is 11.5 Å². The number of benzene rings is 1. The Morgan fingerprint density at radius 3 is 2.63 bits per heavy atom. The molecule has 3 aromatic rings. The Morgan fingerprint density at radius 2 is 1.91 bits per heavy atom. The molecule has 1 saturated carbocycles. The zero-order valence-corrected chi connectivity index (χ0v) is 20.9. The first-order valence-corrected chi connectivity index (χ1v) is 12.1. The SMILES string of the molecule is CC.CC(=O)c1nn(CC(=O)NC2CCC(CC(=O)Nc3cccc(Cl)n3)C2)c2ccc(N)cc12. The number of fused-ring (bicyclic) bond motifs is 1. The molecule has 0 aliphatic heterocycles. The maximum atomic E-state index is 12.7. The number of pyridine rings is 1. The zero-order valence-electron chi connectivity index (χ0n) is 20.2. The van der Waals surface area contributed by atoms with E-state index >= 15 is 0 Å². The second-order valence-electron chi connectivity index (χ2n) is 8.38.